The Morgan fingerprint density at radius 2 is 2.50 bits per heavy atom. The fourth-order valence-corrected chi connectivity index (χ4v) is 2.95. The average molecular weight is 210 g/mol. The molecule has 1 fully saturated rings. The highest BCUT2D eigenvalue weighted by Crippen LogP contribution is 2.24. The van der Waals surface area contributed by atoms with Crippen molar-refractivity contribution in [3.8, 4) is 0 Å². The maximum absolute atomic E-state index is 4.71. The first-order chi connectivity index (χ1) is 6.75. The van der Waals surface area contributed by atoms with E-state index in [1.807, 2.05) is 11.3 Å². The van der Waals surface area contributed by atoms with E-state index in [1.165, 1.54) is 17.1 Å². The molecule has 0 bridgehead atoms. The van der Waals surface area contributed by atoms with E-state index in [0.29, 0.717) is 5.92 Å². The van der Waals surface area contributed by atoms with Gasteiger partial charge in [0.1, 0.15) is 0 Å². The molecule has 1 aromatic heterocycles. The molecule has 1 atom stereocenters. The number of hydrogen-bond acceptors (Lipinski definition) is 3. The van der Waals surface area contributed by atoms with Gasteiger partial charge in [-0.3, -0.25) is 0 Å². The highest BCUT2D eigenvalue weighted by molar-refractivity contribution is 7.09. The van der Waals surface area contributed by atoms with Crippen LogP contribution < -0.4 is 5.32 Å². The summed E-state index contributed by atoms with van der Waals surface area (Å²) in [5.41, 5.74) is 1.32. The summed E-state index contributed by atoms with van der Waals surface area (Å²) in [7, 11) is 0. The van der Waals surface area contributed by atoms with Crippen molar-refractivity contribution in [3.63, 3.8) is 0 Å². The minimum Gasteiger partial charge on any atom is -0.316 e. The topological polar surface area (TPSA) is 24.9 Å². The van der Waals surface area contributed by atoms with Crippen molar-refractivity contribution in [2.45, 2.75) is 32.6 Å². The van der Waals surface area contributed by atoms with Gasteiger partial charge in [0.2, 0.25) is 0 Å². The molecular formula is C11H18N2S. The highest BCUT2D eigenvalue weighted by atomic mass is 32.1. The van der Waals surface area contributed by atoms with Crippen LogP contribution in [0.3, 0.4) is 0 Å². The molecule has 78 valence electrons. The van der Waals surface area contributed by atoms with E-state index in [9.17, 15) is 0 Å². The van der Waals surface area contributed by atoms with Crippen molar-refractivity contribution >= 4 is 11.3 Å². The van der Waals surface area contributed by atoms with Crippen LogP contribution in [-0.4, -0.2) is 18.1 Å². The first kappa shape index (κ1) is 10.1. The van der Waals surface area contributed by atoms with Gasteiger partial charge in [-0.1, -0.05) is 13.8 Å². The molecule has 1 unspecified atom stereocenters. The van der Waals surface area contributed by atoms with E-state index in [1.54, 1.807) is 0 Å². The van der Waals surface area contributed by atoms with E-state index >= 15 is 0 Å². The lowest BCUT2D eigenvalue weighted by atomic mass is 10.1. The summed E-state index contributed by atoms with van der Waals surface area (Å²) in [6, 6.07) is 0. The summed E-state index contributed by atoms with van der Waals surface area (Å²) in [5.74, 6) is 1.39. The number of rotatable bonds is 3. The Kier molecular flexibility index (Phi) is 3.19. The standard InChI is InChI=1S/C11H18N2S/c1-8(2)5-11-13-10(7-14-11)9-3-4-12-6-9/h7-9,12H,3-6H2,1-2H3. The Morgan fingerprint density at radius 3 is 3.14 bits per heavy atom. The molecular weight excluding hydrogens is 192 g/mol. The Morgan fingerprint density at radius 1 is 1.64 bits per heavy atom. The normalized spacial score (nSPS) is 22.1. The summed E-state index contributed by atoms with van der Waals surface area (Å²) in [5, 5.41) is 6.94. The van der Waals surface area contributed by atoms with Gasteiger partial charge in [-0.2, -0.15) is 0 Å². The highest BCUT2D eigenvalue weighted by Gasteiger charge is 2.19. The predicted octanol–water partition coefficient (Wildman–Crippen LogP) is 2.42. The van der Waals surface area contributed by atoms with Crippen molar-refractivity contribution in [3.05, 3.63) is 16.1 Å². The van der Waals surface area contributed by atoms with Crippen LogP contribution in [0.5, 0.6) is 0 Å². The molecule has 2 rings (SSSR count). The van der Waals surface area contributed by atoms with Gasteiger partial charge in [-0.25, -0.2) is 4.98 Å². The van der Waals surface area contributed by atoms with E-state index in [-0.39, 0.29) is 0 Å². The van der Waals surface area contributed by atoms with Gasteiger partial charge >= 0.3 is 0 Å². The zero-order chi connectivity index (χ0) is 9.97. The average Bonchev–Trinajstić information content (AvgIpc) is 2.69. The molecule has 2 nitrogen and oxygen atoms in total. The molecule has 0 aromatic carbocycles. The third-order valence-corrected chi connectivity index (χ3v) is 3.52. The molecule has 0 spiro atoms. The summed E-state index contributed by atoms with van der Waals surface area (Å²) in [6.45, 7) is 6.77. The minimum absolute atomic E-state index is 0.673. The third-order valence-electron chi connectivity index (χ3n) is 2.63. The first-order valence-electron chi connectivity index (χ1n) is 5.40. The second-order valence-electron chi connectivity index (χ2n) is 4.45. The maximum Gasteiger partial charge on any atom is 0.0930 e. The van der Waals surface area contributed by atoms with Crippen LogP contribution in [0.15, 0.2) is 5.38 Å². The van der Waals surface area contributed by atoms with Crippen LogP contribution in [0.25, 0.3) is 0 Å². The molecule has 2 heterocycles. The predicted molar refractivity (Wildman–Crippen MR) is 60.9 cm³/mol. The van der Waals surface area contributed by atoms with E-state index in [2.05, 4.69) is 24.5 Å². The molecule has 0 saturated carbocycles. The van der Waals surface area contributed by atoms with Crippen molar-refractivity contribution in [2.24, 2.45) is 5.92 Å². The number of thiazole rings is 1. The zero-order valence-electron chi connectivity index (χ0n) is 8.92. The molecule has 1 aliphatic heterocycles. The van der Waals surface area contributed by atoms with E-state index in [4.69, 9.17) is 4.98 Å². The third kappa shape index (κ3) is 2.34. The summed E-state index contributed by atoms with van der Waals surface area (Å²) < 4.78 is 0. The van der Waals surface area contributed by atoms with Crippen LogP contribution in [-0.2, 0) is 6.42 Å². The van der Waals surface area contributed by atoms with Crippen molar-refractivity contribution in [1.82, 2.24) is 10.3 Å². The summed E-state index contributed by atoms with van der Waals surface area (Å²) in [4.78, 5) is 4.71. The number of nitrogens with one attached hydrogen (secondary N) is 1. The fourth-order valence-electron chi connectivity index (χ4n) is 1.86. The van der Waals surface area contributed by atoms with Crippen LogP contribution in [0, 0.1) is 5.92 Å². The molecule has 1 aromatic rings. The first-order valence-corrected chi connectivity index (χ1v) is 6.28. The molecule has 14 heavy (non-hydrogen) atoms. The van der Waals surface area contributed by atoms with Crippen molar-refractivity contribution in [2.75, 3.05) is 13.1 Å². The molecule has 0 radical (unpaired) electrons. The van der Waals surface area contributed by atoms with Gasteiger partial charge in [0.15, 0.2) is 0 Å². The van der Waals surface area contributed by atoms with Gasteiger partial charge in [0.25, 0.3) is 0 Å². The Bertz CT molecular complexity index is 287. The van der Waals surface area contributed by atoms with Crippen molar-refractivity contribution < 1.29 is 0 Å². The van der Waals surface area contributed by atoms with Gasteiger partial charge in [-0.15, -0.1) is 11.3 Å². The largest absolute Gasteiger partial charge is 0.316 e. The Hall–Kier alpha value is -0.410. The zero-order valence-corrected chi connectivity index (χ0v) is 9.73. The van der Waals surface area contributed by atoms with Gasteiger partial charge < -0.3 is 5.32 Å². The van der Waals surface area contributed by atoms with E-state index < -0.39 is 0 Å². The maximum atomic E-state index is 4.71. The van der Waals surface area contributed by atoms with Gasteiger partial charge in [0, 0.05) is 24.3 Å². The van der Waals surface area contributed by atoms with Gasteiger partial charge in [0.05, 0.1) is 10.7 Å². The lowest BCUT2D eigenvalue weighted by molar-refractivity contribution is 0.639. The SMILES string of the molecule is CC(C)Cc1nc(C2CCNC2)cs1. The molecule has 1 aliphatic rings. The minimum atomic E-state index is 0.673. The van der Waals surface area contributed by atoms with Gasteiger partial charge in [-0.05, 0) is 18.9 Å². The number of nitrogens with zero attached hydrogens (tertiary/aromatic N) is 1. The van der Waals surface area contributed by atoms with Crippen LogP contribution in [0.2, 0.25) is 0 Å². The lowest BCUT2D eigenvalue weighted by Gasteiger charge is -2.03. The molecule has 0 aliphatic carbocycles. The van der Waals surface area contributed by atoms with Crippen LogP contribution in [0.4, 0.5) is 0 Å². The molecule has 1 N–H and O–H groups in total. The number of hydrogen-bond donors (Lipinski definition) is 1. The molecule has 0 amide bonds. The Balaban J connectivity index is 2.01. The molecule has 3 heteroatoms. The summed E-state index contributed by atoms with van der Waals surface area (Å²) >= 11 is 1.83. The second kappa shape index (κ2) is 4.41. The summed E-state index contributed by atoms with van der Waals surface area (Å²) in [6.07, 6.45) is 2.38. The molecule has 1 saturated heterocycles. The van der Waals surface area contributed by atoms with Crippen LogP contribution in [0.1, 0.15) is 36.9 Å². The van der Waals surface area contributed by atoms with E-state index in [0.717, 1.165) is 25.4 Å². The Labute approximate surface area is 89.8 Å². The number of aromatic nitrogens is 1. The van der Waals surface area contributed by atoms with Crippen LogP contribution >= 0.6 is 11.3 Å². The lowest BCUT2D eigenvalue weighted by Crippen LogP contribution is -2.08. The second-order valence-corrected chi connectivity index (χ2v) is 5.40. The monoisotopic (exact) mass is 210 g/mol. The van der Waals surface area contributed by atoms with Crippen molar-refractivity contribution in [1.29, 1.82) is 0 Å². The quantitative estimate of drug-likeness (QED) is 0.828. The smallest absolute Gasteiger partial charge is 0.0930 e. The fraction of sp³-hybridized carbons (Fsp3) is 0.727.